The van der Waals surface area contributed by atoms with E-state index >= 15 is 0 Å². The zero-order valence-corrected chi connectivity index (χ0v) is 11.3. The van der Waals surface area contributed by atoms with Crippen molar-refractivity contribution >= 4 is 29.2 Å². The normalized spacial score (nSPS) is 12.1. The molecular formula is C12H15ClFN3O2. The molecule has 0 bridgehead atoms. The van der Waals surface area contributed by atoms with Crippen molar-refractivity contribution in [3.05, 3.63) is 29.0 Å². The van der Waals surface area contributed by atoms with Gasteiger partial charge < -0.3 is 16.4 Å². The minimum Gasteiger partial charge on any atom is -0.352 e. The first-order chi connectivity index (χ1) is 8.81. The Balaban J connectivity index is 2.81. The van der Waals surface area contributed by atoms with Crippen molar-refractivity contribution in [1.29, 1.82) is 0 Å². The predicted octanol–water partition coefficient (Wildman–Crippen LogP) is 2.11. The van der Waals surface area contributed by atoms with Crippen LogP contribution in [0.25, 0.3) is 0 Å². The summed E-state index contributed by atoms with van der Waals surface area (Å²) in [4.78, 5) is 22.8. The number of primary amides is 1. The van der Waals surface area contributed by atoms with E-state index in [0.29, 0.717) is 5.69 Å². The molecule has 1 aromatic carbocycles. The minimum absolute atomic E-state index is 0.0956. The summed E-state index contributed by atoms with van der Waals surface area (Å²) in [7, 11) is 0. The van der Waals surface area contributed by atoms with E-state index in [1.807, 2.05) is 0 Å². The quantitative estimate of drug-likeness (QED) is 0.792. The molecule has 0 aliphatic rings. The largest absolute Gasteiger partial charge is 0.352 e. The molecule has 5 nitrogen and oxygen atoms in total. The van der Waals surface area contributed by atoms with Gasteiger partial charge in [-0.2, -0.15) is 0 Å². The summed E-state index contributed by atoms with van der Waals surface area (Å²) in [6.07, 6.45) is 0. The van der Waals surface area contributed by atoms with Crippen molar-refractivity contribution in [1.82, 2.24) is 5.32 Å². The maximum absolute atomic E-state index is 13.0. The monoisotopic (exact) mass is 287 g/mol. The van der Waals surface area contributed by atoms with Crippen molar-refractivity contribution in [2.24, 2.45) is 11.7 Å². The second kappa shape index (κ2) is 6.38. The van der Waals surface area contributed by atoms with Gasteiger partial charge in [0.15, 0.2) is 0 Å². The van der Waals surface area contributed by atoms with Gasteiger partial charge in [0.2, 0.25) is 5.91 Å². The molecule has 0 aromatic heterocycles. The van der Waals surface area contributed by atoms with Crippen LogP contribution in [0.3, 0.4) is 0 Å². The molecule has 7 heteroatoms. The molecule has 0 saturated carbocycles. The van der Waals surface area contributed by atoms with E-state index in [0.717, 1.165) is 6.07 Å². The third kappa shape index (κ3) is 4.40. The molecule has 104 valence electrons. The molecule has 1 rings (SSSR count). The van der Waals surface area contributed by atoms with Gasteiger partial charge in [-0.1, -0.05) is 25.4 Å². The van der Waals surface area contributed by atoms with Crippen LogP contribution in [0.1, 0.15) is 13.8 Å². The Morgan fingerprint density at radius 2 is 2.00 bits per heavy atom. The number of carbonyl (C=O) groups excluding carboxylic acids is 2. The van der Waals surface area contributed by atoms with E-state index in [2.05, 4.69) is 10.6 Å². The van der Waals surface area contributed by atoms with Crippen LogP contribution >= 0.6 is 11.6 Å². The predicted molar refractivity (Wildman–Crippen MR) is 71.4 cm³/mol. The van der Waals surface area contributed by atoms with Gasteiger partial charge in [-0.25, -0.2) is 9.18 Å². The van der Waals surface area contributed by atoms with Crippen LogP contribution in [0.2, 0.25) is 5.02 Å². The SMILES string of the molecule is CC(C)[C@H](NC(N)=O)C(=O)Nc1ccc(F)c(Cl)c1. The van der Waals surface area contributed by atoms with Gasteiger partial charge in [0, 0.05) is 5.69 Å². The molecule has 3 amide bonds. The lowest BCUT2D eigenvalue weighted by atomic mass is 10.0. The van der Waals surface area contributed by atoms with Crippen LogP contribution in [0.4, 0.5) is 14.9 Å². The van der Waals surface area contributed by atoms with Crippen LogP contribution in [0.15, 0.2) is 18.2 Å². The number of nitrogens with one attached hydrogen (secondary N) is 2. The lowest BCUT2D eigenvalue weighted by Crippen LogP contribution is -2.49. The molecule has 1 aromatic rings. The highest BCUT2D eigenvalue weighted by Gasteiger charge is 2.23. The zero-order valence-electron chi connectivity index (χ0n) is 10.5. The van der Waals surface area contributed by atoms with Crippen LogP contribution in [-0.4, -0.2) is 18.0 Å². The van der Waals surface area contributed by atoms with Gasteiger partial charge in [-0.05, 0) is 24.1 Å². The summed E-state index contributed by atoms with van der Waals surface area (Å²) in [5.74, 6) is -1.17. The number of hydrogen-bond donors (Lipinski definition) is 3. The summed E-state index contributed by atoms with van der Waals surface area (Å²) >= 11 is 5.61. The third-order valence-electron chi connectivity index (χ3n) is 2.43. The molecule has 0 heterocycles. The third-order valence-corrected chi connectivity index (χ3v) is 2.72. The maximum atomic E-state index is 13.0. The standard InChI is InChI=1S/C12H15ClFN3O2/c1-6(2)10(17-12(15)19)11(18)16-7-3-4-9(14)8(13)5-7/h3-6,10H,1-2H3,(H,16,18)(H3,15,17,19)/t10-/m0/s1. The number of benzene rings is 1. The van der Waals surface area contributed by atoms with Gasteiger partial charge in [0.25, 0.3) is 0 Å². The molecule has 0 fully saturated rings. The summed E-state index contributed by atoms with van der Waals surface area (Å²) in [6.45, 7) is 3.52. The van der Waals surface area contributed by atoms with E-state index in [4.69, 9.17) is 17.3 Å². The molecular weight excluding hydrogens is 273 g/mol. The Kier molecular flexibility index (Phi) is 5.11. The second-order valence-electron chi connectivity index (χ2n) is 4.35. The summed E-state index contributed by atoms with van der Waals surface area (Å²) < 4.78 is 13.0. The van der Waals surface area contributed by atoms with Crippen LogP contribution in [-0.2, 0) is 4.79 Å². The molecule has 0 saturated heterocycles. The minimum atomic E-state index is -0.786. The highest BCUT2D eigenvalue weighted by molar-refractivity contribution is 6.31. The lowest BCUT2D eigenvalue weighted by molar-refractivity contribution is -0.118. The Hall–Kier alpha value is -1.82. The van der Waals surface area contributed by atoms with E-state index < -0.39 is 23.8 Å². The number of urea groups is 1. The van der Waals surface area contributed by atoms with Crippen LogP contribution in [0, 0.1) is 11.7 Å². The van der Waals surface area contributed by atoms with Crippen molar-refractivity contribution in [2.45, 2.75) is 19.9 Å². The maximum Gasteiger partial charge on any atom is 0.312 e. The molecule has 0 aliphatic heterocycles. The average molecular weight is 288 g/mol. The smallest absolute Gasteiger partial charge is 0.312 e. The first-order valence-electron chi connectivity index (χ1n) is 5.63. The molecule has 0 radical (unpaired) electrons. The number of rotatable bonds is 4. The van der Waals surface area contributed by atoms with Gasteiger partial charge in [0.1, 0.15) is 11.9 Å². The number of carbonyl (C=O) groups is 2. The van der Waals surface area contributed by atoms with Crippen molar-refractivity contribution in [2.75, 3.05) is 5.32 Å². The van der Waals surface area contributed by atoms with Gasteiger partial charge >= 0.3 is 6.03 Å². The van der Waals surface area contributed by atoms with Gasteiger partial charge in [-0.15, -0.1) is 0 Å². The fraction of sp³-hybridized carbons (Fsp3) is 0.333. The Labute approximate surface area is 115 Å². The first-order valence-corrected chi connectivity index (χ1v) is 6.01. The highest BCUT2D eigenvalue weighted by atomic mass is 35.5. The van der Waals surface area contributed by atoms with Crippen molar-refractivity contribution < 1.29 is 14.0 Å². The topological polar surface area (TPSA) is 84.2 Å². The van der Waals surface area contributed by atoms with E-state index in [1.165, 1.54) is 12.1 Å². The van der Waals surface area contributed by atoms with E-state index in [-0.39, 0.29) is 10.9 Å². The number of halogens is 2. The summed E-state index contributed by atoms with van der Waals surface area (Å²) in [5, 5.41) is 4.79. The van der Waals surface area contributed by atoms with Gasteiger partial charge in [-0.3, -0.25) is 4.79 Å². The Morgan fingerprint density at radius 1 is 1.37 bits per heavy atom. The summed E-state index contributed by atoms with van der Waals surface area (Å²) in [6, 6.07) is 2.24. The highest BCUT2D eigenvalue weighted by Crippen LogP contribution is 2.19. The second-order valence-corrected chi connectivity index (χ2v) is 4.76. The summed E-state index contributed by atoms with van der Waals surface area (Å²) in [5.41, 5.74) is 5.35. The number of amides is 3. The molecule has 0 unspecified atom stereocenters. The Bertz CT molecular complexity index is 494. The van der Waals surface area contributed by atoms with Crippen molar-refractivity contribution in [3.8, 4) is 0 Å². The van der Waals surface area contributed by atoms with Crippen LogP contribution < -0.4 is 16.4 Å². The number of hydrogen-bond acceptors (Lipinski definition) is 2. The average Bonchev–Trinajstić information content (AvgIpc) is 2.30. The molecule has 19 heavy (non-hydrogen) atoms. The van der Waals surface area contributed by atoms with E-state index in [9.17, 15) is 14.0 Å². The number of nitrogens with two attached hydrogens (primary N) is 1. The molecule has 0 spiro atoms. The molecule has 4 N–H and O–H groups in total. The number of anilines is 1. The first kappa shape index (κ1) is 15.2. The molecule has 1 atom stereocenters. The van der Waals surface area contributed by atoms with Crippen molar-refractivity contribution in [3.63, 3.8) is 0 Å². The van der Waals surface area contributed by atoms with E-state index in [1.54, 1.807) is 13.8 Å². The molecule has 0 aliphatic carbocycles. The lowest BCUT2D eigenvalue weighted by Gasteiger charge is -2.20. The van der Waals surface area contributed by atoms with Gasteiger partial charge in [0.05, 0.1) is 5.02 Å². The van der Waals surface area contributed by atoms with Crippen LogP contribution in [0.5, 0.6) is 0 Å². The fourth-order valence-corrected chi connectivity index (χ4v) is 1.66. The Morgan fingerprint density at radius 3 is 2.47 bits per heavy atom. The zero-order chi connectivity index (χ0) is 14.6. The fourth-order valence-electron chi connectivity index (χ4n) is 1.48.